The van der Waals surface area contributed by atoms with Crippen molar-refractivity contribution < 1.29 is 22.8 Å². The molecule has 1 fully saturated rings. The molecule has 0 spiro atoms. The van der Waals surface area contributed by atoms with Crippen LogP contribution in [0.3, 0.4) is 0 Å². The fourth-order valence-electron chi connectivity index (χ4n) is 4.16. The fourth-order valence-corrected chi connectivity index (χ4v) is 4.16. The minimum atomic E-state index is -4.44. The van der Waals surface area contributed by atoms with E-state index in [-0.39, 0.29) is 19.0 Å². The Morgan fingerprint density at radius 3 is 2.31 bits per heavy atom. The van der Waals surface area contributed by atoms with Crippen molar-refractivity contribution in [1.29, 1.82) is 0 Å². The first kappa shape index (κ1) is 23.8. The molecule has 32 heavy (non-hydrogen) atoms. The monoisotopic (exact) mass is 447 g/mol. The summed E-state index contributed by atoms with van der Waals surface area (Å²) >= 11 is 0. The van der Waals surface area contributed by atoms with E-state index in [1.165, 1.54) is 0 Å². The summed E-state index contributed by atoms with van der Waals surface area (Å²) in [7, 11) is 0. The van der Waals surface area contributed by atoms with Crippen molar-refractivity contribution in [3.8, 4) is 0 Å². The average molecular weight is 448 g/mol. The lowest BCUT2D eigenvalue weighted by Crippen LogP contribution is -2.49. The lowest BCUT2D eigenvalue weighted by atomic mass is 9.93. The van der Waals surface area contributed by atoms with Gasteiger partial charge in [0.05, 0.1) is 5.92 Å². The number of amides is 2. The fraction of sp³-hybridized carbons (Fsp3) is 0.417. The number of benzene rings is 2. The largest absolute Gasteiger partial charge is 0.406 e. The highest BCUT2D eigenvalue weighted by Crippen LogP contribution is 2.30. The number of anilines is 1. The topological polar surface area (TPSA) is 52.7 Å². The summed E-state index contributed by atoms with van der Waals surface area (Å²) in [5.41, 5.74) is 1.43. The van der Waals surface area contributed by atoms with Crippen molar-refractivity contribution in [2.45, 2.75) is 32.0 Å². The van der Waals surface area contributed by atoms with Crippen molar-refractivity contribution in [2.75, 3.05) is 31.5 Å². The van der Waals surface area contributed by atoms with E-state index in [2.05, 4.69) is 5.32 Å². The minimum Gasteiger partial charge on any atom is -0.334 e. The van der Waals surface area contributed by atoms with Crippen LogP contribution in [0.15, 0.2) is 60.7 Å². The Hall–Kier alpha value is -2.87. The molecule has 0 saturated carbocycles. The number of likely N-dealkylation sites (tertiary alicyclic amines) is 1. The van der Waals surface area contributed by atoms with Crippen molar-refractivity contribution in [2.24, 2.45) is 5.92 Å². The van der Waals surface area contributed by atoms with E-state index in [1.54, 1.807) is 19.1 Å². The van der Waals surface area contributed by atoms with Gasteiger partial charge >= 0.3 is 6.18 Å². The first-order chi connectivity index (χ1) is 15.3. The van der Waals surface area contributed by atoms with E-state index < -0.39 is 30.6 Å². The molecule has 2 amide bonds. The number of rotatable bonds is 7. The molecular formula is C24H28F3N3O2. The van der Waals surface area contributed by atoms with Gasteiger partial charge in [0.15, 0.2) is 0 Å². The number of halogens is 3. The van der Waals surface area contributed by atoms with E-state index in [9.17, 15) is 22.8 Å². The highest BCUT2D eigenvalue weighted by molar-refractivity contribution is 5.95. The van der Waals surface area contributed by atoms with Crippen LogP contribution < -0.4 is 5.32 Å². The van der Waals surface area contributed by atoms with E-state index >= 15 is 0 Å². The second-order valence-electron chi connectivity index (χ2n) is 7.97. The van der Waals surface area contributed by atoms with Gasteiger partial charge in [0.1, 0.15) is 12.6 Å². The van der Waals surface area contributed by atoms with Gasteiger partial charge in [-0.3, -0.25) is 14.5 Å². The van der Waals surface area contributed by atoms with E-state index in [4.69, 9.17) is 0 Å². The van der Waals surface area contributed by atoms with Gasteiger partial charge in [-0.15, -0.1) is 0 Å². The molecule has 0 radical (unpaired) electrons. The number of hydrogen-bond acceptors (Lipinski definition) is 3. The third-order valence-electron chi connectivity index (χ3n) is 5.64. The minimum absolute atomic E-state index is 0.00848. The molecule has 2 atom stereocenters. The van der Waals surface area contributed by atoms with Crippen LogP contribution in [0.25, 0.3) is 0 Å². The molecular weight excluding hydrogens is 419 g/mol. The summed E-state index contributed by atoms with van der Waals surface area (Å²) in [6.07, 6.45) is -3.31. The Morgan fingerprint density at radius 2 is 1.72 bits per heavy atom. The standard InChI is InChI=1S/C24H28F3N3O2/c1-2-29(17-24(25,26)27)23(32)19-12-9-15-30(16-19)21(18-10-5-3-6-11-18)22(31)28-20-13-7-4-8-14-20/h3-8,10-11,13-14,19,21H,2,9,12,15-17H2,1H3,(H,28,31)/t19-,21-/m0/s1. The number of hydrogen-bond donors (Lipinski definition) is 1. The summed E-state index contributed by atoms with van der Waals surface area (Å²) in [5.74, 6) is -1.33. The summed E-state index contributed by atoms with van der Waals surface area (Å²) in [4.78, 5) is 28.9. The Labute approximate surface area is 186 Å². The smallest absolute Gasteiger partial charge is 0.334 e. The van der Waals surface area contributed by atoms with E-state index in [0.717, 1.165) is 10.5 Å². The number of carbonyl (C=O) groups excluding carboxylic acids is 2. The summed E-state index contributed by atoms with van der Waals surface area (Å²) in [5, 5.41) is 2.92. The maximum atomic E-state index is 13.3. The number of nitrogens with zero attached hydrogens (tertiary/aromatic N) is 2. The highest BCUT2D eigenvalue weighted by atomic mass is 19.4. The molecule has 1 aliphatic heterocycles. The van der Waals surface area contributed by atoms with E-state index in [0.29, 0.717) is 25.1 Å². The summed E-state index contributed by atoms with van der Waals surface area (Å²) in [6.45, 7) is 1.09. The molecule has 2 aromatic rings. The maximum absolute atomic E-state index is 13.3. The molecule has 8 heteroatoms. The van der Waals surface area contributed by atoms with Crippen molar-refractivity contribution >= 4 is 17.5 Å². The van der Waals surface area contributed by atoms with Crippen LogP contribution in [-0.4, -0.2) is 54.0 Å². The predicted octanol–water partition coefficient (Wildman–Crippen LogP) is 4.49. The SMILES string of the molecule is CCN(CC(F)(F)F)C(=O)[C@H]1CCCN([C@H](C(=O)Nc2ccccc2)c2ccccc2)C1. The van der Waals surface area contributed by atoms with Gasteiger partial charge in [-0.2, -0.15) is 13.2 Å². The zero-order valence-electron chi connectivity index (χ0n) is 18.0. The molecule has 1 saturated heterocycles. The molecule has 0 aliphatic carbocycles. The number of carbonyl (C=O) groups is 2. The van der Waals surface area contributed by atoms with Crippen LogP contribution in [0.2, 0.25) is 0 Å². The lowest BCUT2D eigenvalue weighted by molar-refractivity contribution is -0.164. The second kappa shape index (κ2) is 10.6. The Morgan fingerprint density at radius 1 is 1.09 bits per heavy atom. The number of nitrogens with one attached hydrogen (secondary N) is 1. The quantitative estimate of drug-likeness (QED) is 0.681. The zero-order chi connectivity index (χ0) is 23.1. The van der Waals surface area contributed by atoms with Crippen LogP contribution in [-0.2, 0) is 9.59 Å². The molecule has 0 aromatic heterocycles. The van der Waals surface area contributed by atoms with Crippen molar-refractivity contribution in [1.82, 2.24) is 9.80 Å². The Kier molecular flexibility index (Phi) is 7.90. The predicted molar refractivity (Wildman–Crippen MR) is 117 cm³/mol. The third kappa shape index (κ3) is 6.32. The van der Waals surface area contributed by atoms with Crippen LogP contribution in [0.1, 0.15) is 31.4 Å². The average Bonchev–Trinajstić information content (AvgIpc) is 2.78. The Bertz CT molecular complexity index is 890. The molecule has 1 N–H and O–H groups in total. The van der Waals surface area contributed by atoms with Gasteiger partial charge in [-0.25, -0.2) is 0 Å². The third-order valence-corrected chi connectivity index (χ3v) is 5.64. The van der Waals surface area contributed by atoms with Gasteiger partial charge in [-0.05, 0) is 44.0 Å². The van der Waals surface area contributed by atoms with Gasteiger partial charge < -0.3 is 10.2 Å². The van der Waals surface area contributed by atoms with Crippen molar-refractivity contribution in [3.63, 3.8) is 0 Å². The summed E-state index contributed by atoms with van der Waals surface area (Å²) < 4.78 is 38.7. The van der Waals surface area contributed by atoms with Gasteiger partial charge in [0.2, 0.25) is 11.8 Å². The molecule has 0 unspecified atom stereocenters. The normalized spacial score (nSPS) is 18.1. The molecule has 2 aromatic carbocycles. The maximum Gasteiger partial charge on any atom is 0.406 e. The van der Waals surface area contributed by atoms with Gasteiger partial charge in [0, 0.05) is 18.8 Å². The molecule has 1 aliphatic rings. The van der Waals surface area contributed by atoms with E-state index in [1.807, 2.05) is 53.4 Å². The first-order valence-electron chi connectivity index (χ1n) is 10.8. The number of para-hydroxylation sites is 1. The summed E-state index contributed by atoms with van der Waals surface area (Å²) in [6, 6.07) is 17.7. The number of piperidine rings is 1. The zero-order valence-corrected chi connectivity index (χ0v) is 18.0. The van der Waals surface area contributed by atoms with Crippen LogP contribution in [0, 0.1) is 5.92 Å². The van der Waals surface area contributed by atoms with Crippen molar-refractivity contribution in [3.05, 3.63) is 66.2 Å². The lowest BCUT2D eigenvalue weighted by Gasteiger charge is -2.38. The Balaban J connectivity index is 1.80. The second-order valence-corrected chi connectivity index (χ2v) is 7.97. The van der Waals surface area contributed by atoms with Gasteiger partial charge in [-0.1, -0.05) is 48.5 Å². The van der Waals surface area contributed by atoms with Crippen LogP contribution in [0.4, 0.5) is 18.9 Å². The molecule has 172 valence electrons. The molecule has 3 rings (SSSR count). The first-order valence-corrected chi connectivity index (χ1v) is 10.8. The number of alkyl halides is 3. The molecule has 1 heterocycles. The van der Waals surface area contributed by atoms with Crippen LogP contribution in [0.5, 0.6) is 0 Å². The highest BCUT2D eigenvalue weighted by Gasteiger charge is 2.38. The van der Waals surface area contributed by atoms with Crippen LogP contribution >= 0.6 is 0 Å². The van der Waals surface area contributed by atoms with Gasteiger partial charge in [0.25, 0.3) is 0 Å². The molecule has 5 nitrogen and oxygen atoms in total. The molecule has 0 bridgehead atoms.